The molecule has 0 atom stereocenters. The molecule has 29 heavy (non-hydrogen) atoms. The number of benzene rings is 2. The predicted octanol–water partition coefficient (Wildman–Crippen LogP) is 4.23. The third kappa shape index (κ3) is 6.34. The molecule has 7 heteroatoms. The molecule has 2 N–H and O–H groups in total. The number of hydrogen-bond donors (Lipinski definition) is 2. The quantitative estimate of drug-likeness (QED) is 0.723. The predicted molar refractivity (Wildman–Crippen MR) is 106 cm³/mol. The number of amides is 2. The van der Waals surface area contributed by atoms with Gasteiger partial charge in [-0.1, -0.05) is 50.2 Å². The first-order valence-electron chi connectivity index (χ1n) is 9.29. The number of carbonyl (C=O) groups excluding carboxylic acids is 2. The number of alkyl halides is 3. The zero-order valence-corrected chi connectivity index (χ0v) is 16.7. The van der Waals surface area contributed by atoms with Crippen LogP contribution in [-0.4, -0.2) is 24.9 Å². The molecule has 0 bridgehead atoms. The minimum atomic E-state index is -4.41. The van der Waals surface area contributed by atoms with Crippen LogP contribution in [0.15, 0.2) is 48.5 Å². The van der Waals surface area contributed by atoms with Crippen molar-refractivity contribution in [1.82, 2.24) is 10.6 Å². The second-order valence-corrected chi connectivity index (χ2v) is 7.56. The van der Waals surface area contributed by atoms with Crippen molar-refractivity contribution in [3.8, 4) is 0 Å². The van der Waals surface area contributed by atoms with E-state index in [1.165, 1.54) is 6.07 Å². The molecule has 2 aromatic rings. The summed E-state index contributed by atoms with van der Waals surface area (Å²) in [4.78, 5) is 24.2. The molecule has 2 aromatic carbocycles. The first kappa shape index (κ1) is 22.5. The molecule has 0 saturated carbocycles. The van der Waals surface area contributed by atoms with Gasteiger partial charge in [0.05, 0.1) is 5.56 Å². The summed E-state index contributed by atoms with van der Waals surface area (Å²) in [6.45, 7) is 5.71. The Bertz CT molecular complexity index is 876. The van der Waals surface area contributed by atoms with Crippen molar-refractivity contribution in [2.24, 2.45) is 0 Å². The summed E-state index contributed by atoms with van der Waals surface area (Å²) in [7, 11) is 0. The van der Waals surface area contributed by atoms with Crippen LogP contribution in [0.5, 0.6) is 0 Å². The van der Waals surface area contributed by atoms with Gasteiger partial charge in [-0.3, -0.25) is 9.59 Å². The highest BCUT2D eigenvalue weighted by Crippen LogP contribution is 2.32. The van der Waals surface area contributed by atoms with Crippen molar-refractivity contribution in [2.75, 3.05) is 13.1 Å². The van der Waals surface area contributed by atoms with Gasteiger partial charge in [0.15, 0.2) is 0 Å². The molecular weight excluding hydrogens is 381 g/mol. The number of carbonyl (C=O) groups is 2. The largest absolute Gasteiger partial charge is 0.416 e. The lowest BCUT2D eigenvalue weighted by atomic mass is 9.83. The molecule has 0 aliphatic rings. The van der Waals surface area contributed by atoms with Gasteiger partial charge >= 0.3 is 6.18 Å². The maximum absolute atomic E-state index is 12.9. The fourth-order valence-corrected chi connectivity index (χ4v) is 2.84. The smallest absolute Gasteiger partial charge is 0.355 e. The van der Waals surface area contributed by atoms with Crippen molar-refractivity contribution < 1.29 is 22.8 Å². The van der Waals surface area contributed by atoms with Crippen LogP contribution in [0.25, 0.3) is 0 Å². The second kappa shape index (κ2) is 9.11. The Balaban J connectivity index is 1.85. The van der Waals surface area contributed by atoms with E-state index in [0.717, 1.165) is 17.7 Å². The highest BCUT2D eigenvalue weighted by atomic mass is 19.4. The molecule has 4 nitrogen and oxygen atoms in total. The Morgan fingerprint density at radius 2 is 1.59 bits per heavy atom. The van der Waals surface area contributed by atoms with Gasteiger partial charge in [-0.2, -0.15) is 13.2 Å². The first-order chi connectivity index (χ1) is 13.5. The topological polar surface area (TPSA) is 58.2 Å². The molecule has 0 unspecified atom stereocenters. The van der Waals surface area contributed by atoms with Crippen LogP contribution in [0, 0.1) is 6.92 Å². The number of rotatable bonds is 7. The number of halogens is 3. The van der Waals surface area contributed by atoms with E-state index < -0.39 is 17.2 Å². The Morgan fingerprint density at radius 3 is 2.24 bits per heavy atom. The third-order valence-corrected chi connectivity index (χ3v) is 4.73. The number of nitrogens with one attached hydrogen (secondary N) is 2. The summed E-state index contributed by atoms with van der Waals surface area (Å²) >= 11 is 0. The number of aryl methyl sites for hydroxylation is 1. The van der Waals surface area contributed by atoms with Gasteiger partial charge in [-0.05, 0) is 30.2 Å². The molecule has 0 aromatic heterocycles. The maximum atomic E-state index is 12.9. The standard InChI is InChI=1S/C22H25F3N2O2/c1-15-7-4-5-10-18(15)20(29)26-12-11-19(28)27-14-21(2,3)16-8-6-9-17(13-16)22(23,24)25/h4-10,13H,11-12,14H2,1-3H3,(H,26,29)(H,27,28). The van der Waals surface area contributed by atoms with Crippen molar-refractivity contribution in [3.63, 3.8) is 0 Å². The Morgan fingerprint density at radius 1 is 0.931 bits per heavy atom. The van der Waals surface area contributed by atoms with E-state index >= 15 is 0 Å². The minimum absolute atomic E-state index is 0.0797. The lowest BCUT2D eigenvalue weighted by Crippen LogP contribution is -2.38. The van der Waals surface area contributed by atoms with E-state index in [2.05, 4.69) is 10.6 Å². The first-order valence-corrected chi connectivity index (χ1v) is 9.29. The molecule has 0 heterocycles. The van der Waals surface area contributed by atoms with Gasteiger partial charge in [0, 0.05) is 30.5 Å². The zero-order chi connectivity index (χ0) is 21.7. The molecular formula is C22H25F3N2O2. The molecule has 0 aliphatic carbocycles. The van der Waals surface area contributed by atoms with Crippen molar-refractivity contribution in [3.05, 3.63) is 70.8 Å². The van der Waals surface area contributed by atoms with Crippen molar-refractivity contribution >= 4 is 11.8 Å². The molecule has 0 spiro atoms. The average Bonchev–Trinajstić information content (AvgIpc) is 2.66. The molecule has 2 rings (SSSR count). The zero-order valence-electron chi connectivity index (χ0n) is 16.7. The van der Waals surface area contributed by atoms with E-state index in [1.54, 1.807) is 32.0 Å². The lowest BCUT2D eigenvalue weighted by Gasteiger charge is -2.26. The molecule has 0 aliphatic heterocycles. The Labute approximate surface area is 168 Å². The fraction of sp³-hybridized carbons (Fsp3) is 0.364. The summed E-state index contributed by atoms with van der Waals surface area (Å²) in [6.07, 6.45) is -4.33. The molecule has 156 valence electrons. The SMILES string of the molecule is Cc1ccccc1C(=O)NCCC(=O)NCC(C)(C)c1cccc(C(F)(F)F)c1. The Kier molecular flexibility index (Phi) is 7.06. The molecule has 0 fully saturated rings. The Hall–Kier alpha value is -2.83. The van der Waals surface area contributed by atoms with Crippen LogP contribution in [0.4, 0.5) is 13.2 Å². The molecule has 0 saturated heterocycles. The summed E-state index contributed by atoms with van der Waals surface area (Å²) in [6, 6.07) is 12.3. The van der Waals surface area contributed by atoms with E-state index in [0.29, 0.717) is 11.1 Å². The van der Waals surface area contributed by atoms with Gasteiger partial charge in [-0.15, -0.1) is 0 Å². The highest BCUT2D eigenvalue weighted by Gasteiger charge is 2.32. The van der Waals surface area contributed by atoms with Gasteiger partial charge in [-0.25, -0.2) is 0 Å². The van der Waals surface area contributed by atoms with Crippen LogP contribution in [0.3, 0.4) is 0 Å². The van der Waals surface area contributed by atoms with E-state index in [4.69, 9.17) is 0 Å². The summed E-state index contributed by atoms with van der Waals surface area (Å²) in [5.41, 5.74) is 0.492. The minimum Gasteiger partial charge on any atom is -0.355 e. The van der Waals surface area contributed by atoms with Crippen LogP contribution < -0.4 is 10.6 Å². The molecule has 0 radical (unpaired) electrons. The van der Waals surface area contributed by atoms with E-state index in [-0.39, 0.29) is 31.3 Å². The lowest BCUT2D eigenvalue weighted by molar-refractivity contribution is -0.137. The average molecular weight is 406 g/mol. The van der Waals surface area contributed by atoms with Gasteiger partial charge in [0.2, 0.25) is 5.91 Å². The van der Waals surface area contributed by atoms with Crippen LogP contribution in [-0.2, 0) is 16.4 Å². The number of hydrogen-bond acceptors (Lipinski definition) is 2. The van der Waals surface area contributed by atoms with Gasteiger partial charge < -0.3 is 10.6 Å². The summed E-state index contributed by atoms with van der Waals surface area (Å²) in [5, 5.41) is 5.43. The normalized spacial score (nSPS) is 11.8. The monoisotopic (exact) mass is 406 g/mol. The van der Waals surface area contributed by atoms with Gasteiger partial charge in [0.1, 0.15) is 0 Å². The summed E-state index contributed by atoms with van der Waals surface area (Å²) in [5.74, 6) is -0.532. The van der Waals surface area contributed by atoms with Crippen LogP contribution >= 0.6 is 0 Å². The van der Waals surface area contributed by atoms with Gasteiger partial charge in [0.25, 0.3) is 5.91 Å². The highest BCUT2D eigenvalue weighted by molar-refractivity contribution is 5.95. The third-order valence-electron chi connectivity index (χ3n) is 4.73. The van der Waals surface area contributed by atoms with Crippen molar-refractivity contribution in [2.45, 2.75) is 38.8 Å². The fourth-order valence-electron chi connectivity index (χ4n) is 2.84. The van der Waals surface area contributed by atoms with Crippen LogP contribution in [0.2, 0.25) is 0 Å². The van der Waals surface area contributed by atoms with Crippen molar-refractivity contribution in [1.29, 1.82) is 0 Å². The second-order valence-electron chi connectivity index (χ2n) is 7.56. The van der Waals surface area contributed by atoms with E-state index in [9.17, 15) is 22.8 Å². The molecule has 2 amide bonds. The van der Waals surface area contributed by atoms with E-state index in [1.807, 2.05) is 19.1 Å². The maximum Gasteiger partial charge on any atom is 0.416 e. The summed E-state index contributed by atoms with van der Waals surface area (Å²) < 4.78 is 38.8. The van der Waals surface area contributed by atoms with Crippen LogP contribution in [0.1, 0.15) is 47.3 Å².